The Morgan fingerprint density at radius 2 is 1.48 bits per heavy atom. The predicted molar refractivity (Wildman–Crippen MR) is 125 cm³/mol. The molecule has 5 rings (SSSR count). The molecule has 0 bridgehead atoms. The molecule has 2 saturated heterocycles. The van der Waals surface area contributed by atoms with Crippen LogP contribution in [0.2, 0.25) is 0 Å². The van der Waals surface area contributed by atoms with Gasteiger partial charge in [-0.05, 0) is 61.7 Å². The van der Waals surface area contributed by atoms with Crippen LogP contribution in [0.5, 0.6) is 11.5 Å². The van der Waals surface area contributed by atoms with Crippen LogP contribution in [0.1, 0.15) is 35.1 Å². The SMILES string of the molecule is COc1ccc(N2CCN(c3c(C)c(C)c4c(c3C)CC3(CCOCC3)O4)CC2)cc1. The van der Waals surface area contributed by atoms with Gasteiger partial charge in [0.2, 0.25) is 0 Å². The Bertz CT molecular complexity index is 956. The quantitative estimate of drug-likeness (QED) is 0.731. The van der Waals surface area contributed by atoms with Crippen LogP contribution in [0.3, 0.4) is 0 Å². The third-order valence-corrected chi connectivity index (χ3v) is 7.60. The normalized spacial score (nSPS) is 20.0. The number of piperazine rings is 1. The van der Waals surface area contributed by atoms with Crippen molar-refractivity contribution in [2.75, 3.05) is 56.3 Å². The average Bonchev–Trinajstić information content (AvgIpc) is 3.18. The molecule has 0 N–H and O–H groups in total. The van der Waals surface area contributed by atoms with E-state index in [4.69, 9.17) is 14.2 Å². The largest absolute Gasteiger partial charge is 0.497 e. The van der Waals surface area contributed by atoms with Gasteiger partial charge in [-0.2, -0.15) is 0 Å². The van der Waals surface area contributed by atoms with Crippen molar-refractivity contribution in [1.82, 2.24) is 0 Å². The molecule has 3 aliphatic rings. The van der Waals surface area contributed by atoms with Gasteiger partial charge in [-0.1, -0.05) is 0 Å². The molecule has 5 heteroatoms. The fourth-order valence-electron chi connectivity index (χ4n) is 5.57. The molecule has 0 unspecified atom stereocenters. The van der Waals surface area contributed by atoms with E-state index in [9.17, 15) is 0 Å². The average molecular weight is 423 g/mol. The number of hydrogen-bond acceptors (Lipinski definition) is 5. The van der Waals surface area contributed by atoms with Crippen LogP contribution in [0.25, 0.3) is 0 Å². The molecule has 166 valence electrons. The van der Waals surface area contributed by atoms with Crippen LogP contribution in [-0.2, 0) is 11.2 Å². The van der Waals surface area contributed by atoms with E-state index < -0.39 is 0 Å². The Labute approximate surface area is 185 Å². The molecule has 5 nitrogen and oxygen atoms in total. The lowest BCUT2D eigenvalue weighted by Crippen LogP contribution is -2.47. The zero-order valence-corrected chi connectivity index (χ0v) is 19.3. The van der Waals surface area contributed by atoms with E-state index >= 15 is 0 Å². The van der Waals surface area contributed by atoms with E-state index in [1.54, 1.807) is 7.11 Å². The summed E-state index contributed by atoms with van der Waals surface area (Å²) < 4.78 is 17.6. The molecule has 0 aliphatic carbocycles. The van der Waals surface area contributed by atoms with Crippen molar-refractivity contribution >= 4 is 11.4 Å². The summed E-state index contributed by atoms with van der Waals surface area (Å²) in [6, 6.07) is 8.42. The zero-order chi connectivity index (χ0) is 21.6. The van der Waals surface area contributed by atoms with Gasteiger partial charge in [0.25, 0.3) is 0 Å². The van der Waals surface area contributed by atoms with E-state index in [1.807, 2.05) is 12.1 Å². The Morgan fingerprint density at radius 3 is 2.13 bits per heavy atom. The molecule has 0 saturated carbocycles. The smallest absolute Gasteiger partial charge is 0.127 e. The Balaban J connectivity index is 1.37. The van der Waals surface area contributed by atoms with Crippen molar-refractivity contribution in [1.29, 1.82) is 0 Å². The van der Waals surface area contributed by atoms with Gasteiger partial charge in [-0.3, -0.25) is 0 Å². The van der Waals surface area contributed by atoms with E-state index in [0.717, 1.165) is 70.2 Å². The summed E-state index contributed by atoms with van der Waals surface area (Å²) in [6.07, 6.45) is 3.02. The van der Waals surface area contributed by atoms with Crippen molar-refractivity contribution in [3.63, 3.8) is 0 Å². The molecule has 2 aromatic rings. The maximum atomic E-state index is 6.65. The summed E-state index contributed by atoms with van der Waals surface area (Å²) in [5.41, 5.74) is 8.19. The van der Waals surface area contributed by atoms with Crippen LogP contribution in [0, 0.1) is 20.8 Å². The van der Waals surface area contributed by atoms with Crippen LogP contribution in [0.4, 0.5) is 11.4 Å². The van der Waals surface area contributed by atoms with E-state index in [1.165, 1.54) is 33.6 Å². The molecule has 3 heterocycles. The summed E-state index contributed by atoms with van der Waals surface area (Å²) in [5.74, 6) is 2.06. The molecule has 0 amide bonds. The summed E-state index contributed by atoms with van der Waals surface area (Å²) in [4.78, 5) is 5.06. The zero-order valence-electron chi connectivity index (χ0n) is 19.3. The van der Waals surface area contributed by atoms with Crippen LogP contribution >= 0.6 is 0 Å². The van der Waals surface area contributed by atoms with Gasteiger partial charge in [0, 0.05) is 62.4 Å². The maximum Gasteiger partial charge on any atom is 0.127 e. The minimum Gasteiger partial charge on any atom is -0.497 e. The van der Waals surface area contributed by atoms with Gasteiger partial charge in [-0.15, -0.1) is 0 Å². The number of nitrogens with zero attached hydrogens (tertiary/aromatic N) is 2. The second-order valence-corrected chi connectivity index (χ2v) is 9.28. The summed E-state index contributed by atoms with van der Waals surface area (Å²) in [6.45, 7) is 12.6. The molecule has 0 radical (unpaired) electrons. The number of anilines is 2. The third kappa shape index (κ3) is 3.53. The van der Waals surface area contributed by atoms with Crippen LogP contribution in [0.15, 0.2) is 24.3 Å². The lowest BCUT2D eigenvalue weighted by molar-refractivity contribution is -0.0332. The highest BCUT2D eigenvalue weighted by Crippen LogP contribution is 2.48. The van der Waals surface area contributed by atoms with Crippen molar-refractivity contribution in [2.24, 2.45) is 0 Å². The molecule has 2 fully saturated rings. The van der Waals surface area contributed by atoms with Gasteiger partial charge in [0.15, 0.2) is 0 Å². The monoisotopic (exact) mass is 422 g/mol. The maximum absolute atomic E-state index is 6.65. The highest BCUT2D eigenvalue weighted by atomic mass is 16.5. The number of ether oxygens (including phenoxy) is 3. The first-order valence-corrected chi connectivity index (χ1v) is 11.5. The molecule has 31 heavy (non-hydrogen) atoms. The number of fused-ring (bicyclic) bond motifs is 1. The summed E-state index contributed by atoms with van der Waals surface area (Å²) in [7, 11) is 1.71. The fraction of sp³-hybridized carbons (Fsp3) is 0.538. The van der Waals surface area contributed by atoms with Gasteiger partial charge in [0.1, 0.15) is 17.1 Å². The van der Waals surface area contributed by atoms with E-state index in [2.05, 4.69) is 42.7 Å². The number of rotatable bonds is 3. The number of hydrogen-bond donors (Lipinski definition) is 0. The molecule has 0 aromatic heterocycles. The summed E-state index contributed by atoms with van der Waals surface area (Å²) >= 11 is 0. The van der Waals surface area contributed by atoms with Crippen molar-refractivity contribution in [3.05, 3.63) is 46.5 Å². The van der Waals surface area contributed by atoms with Gasteiger partial charge >= 0.3 is 0 Å². The second kappa shape index (κ2) is 7.94. The second-order valence-electron chi connectivity index (χ2n) is 9.28. The first-order valence-electron chi connectivity index (χ1n) is 11.5. The first kappa shape index (κ1) is 20.5. The lowest BCUT2D eigenvalue weighted by Gasteiger charge is -2.39. The molecular weight excluding hydrogens is 388 g/mol. The highest BCUT2D eigenvalue weighted by Gasteiger charge is 2.43. The molecular formula is C26H34N2O3. The van der Waals surface area contributed by atoms with Crippen LogP contribution in [-0.4, -0.2) is 52.1 Å². The Hall–Kier alpha value is -2.40. The first-order chi connectivity index (χ1) is 15.0. The fourth-order valence-corrected chi connectivity index (χ4v) is 5.57. The van der Waals surface area contributed by atoms with Crippen LogP contribution < -0.4 is 19.3 Å². The van der Waals surface area contributed by atoms with E-state index in [0.29, 0.717) is 0 Å². The molecule has 0 atom stereocenters. The molecule has 3 aliphatic heterocycles. The topological polar surface area (TPSA) is 34.2 Å². The minimum atomic E-state index is -0.0474. The third-order valence-electron chi connectivity index (χ3n) is 7.60. The predicted octanol–water partition coefficient (Wildman–Crippen LogP) is 4.43. The standard InChI is InChI=1S/C26H34N2O3/c1-18-19(2)25-23(17-26(31-25)9-15-30-16-10-26)20(3)24(18)28-13-11-27(12-14-28)21-5-7-22(29-4)8-6-21/h5-8H,9-17H2,1-4H3. The van der Waals surface area contributed by atoms with E-state index in [-0.39, 0.29) is 5.60 Å². The van der Waals surface area contributed by atoms with Crippen molar-refractivity contribution in [2.45, 2.75) is 45.6 Å². The lowest BCUT2D eigenvalue weighted by atomic mass is 9.86. The molecule has 1 spiro atoms. The number of methoxy groups -OCH3 is 1. The minimum absolute atomic E-state index is 0.0474. The highest BCUT2D eigenvalue weighted by molar-refractivity contribution is 5.70. The van der Waals surface area contributed by atoms with Gasteiger partial charge in [-0.25, -0.2) is 0 Å². The summed E-state index contributed by atoms with van der Waals surface area (Å²) in [5, 5.41) is 0. The van der Waals surface area contributed by atoms with Crippen molar-refractivity contribution < 1.29 is 14.2 Å². The Kier molecular flexibility index (Phi) is 5.25. The van der Waals surface area contributed by atoms with Gasteiger partial charge < -0.3 is 24.0 Å². The Morgan fingerprint density at radius 1 is 0.839 bits per heavy atom. The number of benzene rings is 2. The van der Waals surface area contributed by atoms with Crippen molar-refractivity contribution in [3.8, 4) is 11.5 Å². The molecule has 2 aromatic carbocycles. The van der Waals surface area contributed by atoms with Gasteiger partial charge in [0.05, 0.1) is 20.3 Å².